The number of benzene rings is 1. The Kier molecular flexibility index (Phi) is 3.47. The molecule has 1 aliphatic rings. The molecule has 0 unspecified atom stereocenters. The zero-order valence-corrected chi connectivity index (χ0v) is 12.7. The van der Waals surface area contributed by atoms with Crippen molar-refractivity contribution in [1.82, 2.24) is 9.55 Å². The second-order valence-corrected chi connectivity index (χ2v) is 6.30. The van der Waals surface area contributed by atoms with Crippen molar-refractivity contribution in [2.45, 2.75) is 57.9 Å². The van der Waals surface area contributed by atoms with Gasteiger partial charge >= 0.3 is 5.97 Å². The highest BCUT2D eigenvalue weighted by molar-refractivity contribution is 6.01. The molecule has 0 atom stereocenters. The molecule has 1 N–H and O–H groups in total. The Morgan fingerprint density at radius 2 is 2.10 bits per heavy atom. The molecule has 3 rings (SSSR count). The van der Waals surface area contributed by atoms with Gasteiger partial charge in [-0.2, -0.15) is 0 Å². The number of rotatable bonds is 4. The van der Waals surface area contributed by atoms with Gasteiger partial charge in [-0.3, -0.25) is 0 Å². The minimum absolute atomic E-state index is 0.0797. The van der Waals surface area contributed by atoms with Gasteiger partial charge < -0.3 is 9.67 Å². The van der Waals surface area contributed by atoms with Gasteiger partial charge in [-0.05, 0) is 38.3 Å². The molecule has 112 valence electrons. The summed E-state index contributed by atoms with van der Waals surface area (Å²) in [4.78, 5) is 16.1. The number of aryl methyl sites for hydroxylation is 1. The minimum Gasteiger partial charge on any atom is -0.478 e. The van der Waals surface area contributed by atoms with Crippen molar-refractivity contribution in [3.8, 4) is 0 Å². The van der Waals surface area contributed by atoms with E-state index in [2.05, 4.69) is 18.4 Å². The average Bonchev–Trinajstić information content (AvgIpc) is 3.02. The largest absolute Gasteiger partial charge is 0.478 e. The SMILES string of the molecule is CCCc1nc2c(C(=O)O)cccc2n1C1(C)CCCC1. The summed E-state index contributed by atoms with van der Waals surface area (Å²) in [6.07, 6.45) is 6.67. The zero-order valence-electron chi connectivity index (χ0n) is 12.7. The van der Waals surface area contributed by atoms with Crippen LogP contribution in [0.2, 0.25) is 0 Å². The highest BCUT2D eigenvalue weighted by Gasteiger charge is 2.34. The molecule has 21 heavy (non-hydrogen) atoms. The number of fused-ring (bicyclic) bond motifs is 1. The van der Waals surface area contributed by atoms with Crippen LogP contribution in [0.1, 0.15) is 62.1 Å². The lowest BCUT2D eigenvalue weighted by Gasteiger charge is -2.29. The molecule has 0 spiro atoms. The van der Waals surface area contributed by atoms with Crippen molar-refractivity contribution < 1.29 is 9.90 Å². The number of aromatic carboxylic acids is 1. The molecule has 0 radical (unpaired) electrons. The molecular formula is C17H22N2O2. The van der Waals surface area contributed by atoms with Crippen LogP contribution in [0, 0.1) is 0 Å². The lowest BCUT2D eigenvalue weighted by molar-refractivity contribution is 0.0699. The smallest absolute Gasteiger partial charge is 0.337 e. The summed E-state index contributed by atoms with van der Waals surface area (Å²) in [5, 5.41) is 9.39. The maximum Gasteiger partial charge on any atom is 0.337 e. The second-order valence-electron chi connectivity index (χ2n) is 6.30. The molecule has 1 aromatic carbocycles. The van der Waals surface area contributed by atoms with Gasteiger partial charge in [0.15, 0.2) is 0 Å². The zero-order chi connectivity index (χ0) is 15.0. The highest BCUT2D eigenvalue weighted by atomic mass is 16.4. The number of carboxylic acids is 1. The van der Waals surface area contributed by atoms with Gasteiger partial charge in [0.1, 0.15) is 11.3 Å². The van der Waals surface area contributed by atoms with Crippen LogP contribution in [0.15, 0.2) is 18.2 Å². The Hall–Kier alpha value is -1.84. The first kappa shape index (κ1) is 14.1. The first-order valence-corrected chi connectivity index (χ1v) is 7.81. The van der Waals surface area contributed by atoms with Crippen molar-refractivity contribution in [2.24, 2.45) is 0 Å². The maximum atomic E-state index is 11.4. The molecule has 1 fully saturated rings. The maximum absolute atomic E-state index is 11.4. The van der Waals surface area contributed by atoms with Gasteiger partial charge in [0.05, 0.1) is 11.1 Å². The van der Waals surface area contributed by atoms with E-state index < -0.39 is 5.97 Å². The molecule has 0 aliphatic heterocycles. The van der Waals surface area contributed by atoms with E-state index in [4.69, 9.17) is 4.98 Å². The van der Waals surface area contributed by atoms with Crippen LogP contribution in [0.4, 0.5) is 0 Å². The molecule has 2 aromatic rings. The van der Waals surface area contributed by atoms with Crippen LogP contribution in [0.5, 0.6) is 0 Å². The fourth-order valence-corrected chi connectivity index (χ4v) is 3.67. The molecule has 4 heteroatoms. The van der Waals surface area contributed by atoms with Crippen LogP contribution in [0.25, 0.3) is 11.0 Å². The fourth-order valence-electron chi connectivity index (χ4n) is 3.67. The number of nitrogens with zero attached hydrogens (tertiary/aromatic N) is 2. The predicted octanol–water partition coefficient (Wildman–Crippen LogP) is 3.98. The van der Waals surface area contributed by atoms with Crippen LogP contribution >= 0.6 is 0 Å². The van der Waals surface area contributed by atoms with Crippen molar-refractivity contribution >= 4 is 17.0 Å². The first-order chi connectivity index (χ1) is 10.1. The van der Waals surface area contributed by atoms with E-state index >= 15 is 0 Å². The van der Waals surface area contributed by atoms with Crippen molar-refractivity contribution in [2.75, 3.05) is 0 Å². The standard InChI is InChI=1S/C17H22N2O2/c1-3-7-14-18-15-12(16(20)21)8-6-9-13(15)19(14)17(2)10-4-5-11-17/h6,8-9H,3-5,7,10-11H2,1-2H3,(H,20,21). The average molecular weight is 286 g/mol. The molecule has 1 aromatic heterocycles. The monoisotopic (exact) mass is 286 g/mol. The van der Waals surface area contributed by atoms with E-state index in [1.54, 1.807) is 6.07 Å². The van der Waals surface area contributed by atoms with Gasteiger partial charge in [-0.1, -0.05) is 25.8 Å². The number of aromatic nitrogens is 2. The number of para-hydroxylation sites is 1. The number of hydrogen-bond donors (Lipinski definition) is 1. The van der Waals surface area contributed by atoms with Crippen molar-refractivity contribution in [3.63, 3.8) is 0 Å². The van der Waals surface area contributed by atoms with Gasteiger partial charge in [-0.15, -0.1) is 0 Å². The van der Waals surface area contributed by atoms with E-state index in [1.165, 1.54) is 12.8 Å². The Balaban J connectivity index is 2.28. The van der Waals surface area contributed by atoms with Crippen LogP contribution in [-0.4, -0.2) is 20.6 Å². The molecule has 4 nitrogen and oxygen atoms in total. The van der Waals surface area contributed by atoms with Gasteiger partial charge in [0.25, 0.3) is 0 Å². The summed E-state index contributed by atoms with van der Waals surface area (Å²) in [6, 6.07) is 5.49. The molecule has 1 heterocycles. The van der Waals surface area contributed by atoms with E-state index in [0.29, 0.717) is 11.1 Å². The Labute approximate surface area is 124 Å². The quantitative estimate of drug-likeness (QED) is 0.925. The Morgan fingerprint density at radius 1 is 1.38 bits per heavy atom. The predicted molar refractivity (Wildman–Crippen MR) is 82.8 cm³/mol. The van der Waals surface area contributed by atoms with Crippen LogP contribution in [0.3, 0.4) is 0 Å². The highest BCUT2D eigenvalue weighted by Crippen LogP contribution is 2.40. The summed E-state index contributed by atoms with van der Waals surface area (Å²) in [5.41, 5.74) is 2.01. The fraction of sp³-hybridized carbons (Fsp3) is 0.529. The lowest BCUT2D eigenvalue weighted by atomic mass is 9.99. The number of hydrogen-bond acceptors (Lipinski definition) is 2. The first-order valence-electron chi connectivity index (χ1n) is 7.81. The van der Waals surface area contributed by atoms with Crippen LogP contribution in [-0.2, 0) is 12.0 Å². The lowest BCUT2D eigenvalue weighted by Crippen LogP contribution is -2.28. The van der Waals surface area contributed by atoms with Crippen molar-refractivity contribution in [3.05, 3.63) is 29.6 Å². The second kappa shape index (κ2) is 5.17. The van der Waals surface area contributed by atoms with Gasteiger partial charge in [0, 0.05) is 12.0 Å². The summed E-state index contributed by atoms with van der Waals surface area (Å²) in [7, 11) is 0. The summed E-state index contributed by atoms with van der Waals surface area (Å²) >= 11 is 0. The van der Waals surface area contributed by atoms with Crippen molar-refractivity contribution in [1.29, 1.82) is 0 Å². The molecule has 0 bridgehead atoms. The van der Waals surface area contributed by atoms with Crippen LogP contribution < -0.4 is 0 Å². The third-order valence-electron chi connectivity index (χ3n) is 4.68. The van der Waals surface area contributed by atoms with E-state index in [9.17, 15) is 9.90 Å². The topological polar surface area (TPSA) is 55.1 Å². The Morgan fingerprint density at radius 3 is 2.71 bits per heavy atom. The molecular weight excluding hydrogens is 264 g/mol. The Bertz CT molecular complexity index is 681. The number of carbonyl (C=O) groups is 1. The third kappa shape index (κ3) is 2.23. The van der Waals surface area contributed by atoms with Gasteiger partial charge in [-0.25, -0.2) is 9.78 Å². The van der Waals surface area contributed by atoms with E-state index in [0.717, 1.165) is 37.0 Å². The molecule has 0 saturated heterocycles. The van der Waals surface area contributed by atoms with Gasteiger partial charge in [0.2, 0.25) is 0 Å². The molecule has 0 amide bonds. The number of imidazole rings is 1. The summed E-state index contributed by atoms with van der Waals surface area (Å²) in [5.74, 6) is 0.135. The summed E-state index contributed by atoms with van der Waals surface area (Å²) in [6.45, 7) is 4.42. The number of carboxylic acid groups (broad SMARTS) is 1. The van der Waals surface area contributed by atoms with E-state index in [1.807, 2.05) is 12.1 Å². The molecule has 1 aliphatic carbocycles. The van der Waals surface area contributed by atoms with E-state index in [-0.39, 0.29) is 5.54 Å². The normalized spacial score (nSPS) is 17.4. The molecule has 1 saturated carbocycles. The minimum atomic E-state index is -0.898. The third-order valence-corrected chi connectivity index (χ3v) is 4.68. The summed E-state index contributed by atoms with van der Waals surface area (Å²) < 4.78 is 2.32.